The molecule has 32 heavy (non-hydrogen) atoms. The van der Waals surface area contributed by atoms with Crippen molar-refractivity contribution in [3.8, 4) is 11.5 Å². The number of ketones is 2. The van der Waals surface area contributed by atoms with Crippen LogP contribution in [0.5, 0.6) is 0 Å². The van der Waals surface area contributed by atoms with E-state index in [9.17, 15) is 9.59 Å². The summed E-state index contributed by atoms with van der Waals surface area (Å²) in [6.07, 6.45) is 1.52. The number of Topliss-reactive ketones (excluding diaryl/α,β-unsaturated/α-hetero) is 2. The van der Waals surface area contributed by atoms with Crippen LogP contribution in [0.15, 0.2) is 70.7 Å². The Balaban J connectivity index is 1.36. The summed E-state index contributed by atoms with van der Waals surface area (Å²) >= 11 is 1.25. The molecule has 5 aromatic rings. The van der Waals surface area contributed by atoms with Crippen molar-refractivity contribution in [2.75, 3.05) is 0 Å². The zero-order valence-corrected chi connectivity index (χ0v) is 17.1. The summed E-state index contributed by atoms with van der Waals surface area (Å²) in [6.45, 7) is 7.03. The number of thiazole rings is 1. The number of oxazole rings is 1. The fourth-order valence-electron chi connectivity index (χ4n) is 3.78. The third-order valence-corrected chi connectivity index (χ3v) is 6.25. The number of hydrogen-bond donors (Lipinski definition) is 0. The minimum atomic E-state index is -0.295. The van der Waals surface area contributed by atoms with Crippen LogP contribution in [-0.4, -0.2) is 21.5 Å². The summed E-state index contributed by atoms with van der Waals surface area (Å²) in [4.78, 5) is 38.7. The highest BCUT2D eigenvalue weighted by Crippen LogP contribution is 2.34. The van der Waals surface area contributed by atoms with Gasteiger partial charge in [-0.25, -0.2) is 4.85 Å². The Kier molecular flexibility index (Phi) is 3.90. The maximum absolute atomic E-state index is 12.9. The molecule has 1 aliphatic rings. The van der Waals surface area contributed by atoms with Gasteiger partial charge in [0.25, 0.3) is 5.71 Å². The van der Waals surface area contributed by atoms with E-state index in [4.69, 9.17) is 11.0 Å². The fourth-order valence-corrected chi connectivity index (χ4v) is 4.59. The van der Waals surface area contributed by atoms with Crippen molar-refractivity contribution < 1.29 is 14.0 Å². The van der Waals surface area contributed by atoms with Crippen LogP contribution in [0, 0.1) is 6.57 Å². The minimum absolute atomic E-state index is 0.0988. The second kappa shape index (κ2) is 6.80. The molecule has 2 heterocycles. The maximum atomic E-state index is 12.9. The van der Waals surface area contributed by atoms with E-state index in [1.54, 1.807) is 36.4 Å². The molecule has 0 N–H and O–H groups in total. The number of allylic oxidation sites excluding steroid dienone is 1. The van der Waals surface area contributed by atoms with E-state index in [-0.39, 0.29) is 17.1 Å². The van der Waals surface area contributed by atoms with Gasteiger partial charge in [0.2, 0.25) is 5.89 Å². The fraction of sp³-hybridized carbons (Fsp3) is 0. The molecule has 0 unspecified atom stereocenters. The zero-order valence-electron chi connectivity index (χ0n) is 16.3. The summed E-state index contributed by atoms with van der Waals surface area (Å²) in [6, 6.07) is 18.1. The molecule has 150 valence electrons. The first-order chi connectivity index (χ1) is 15.6. The lowest BCUT2D eigenvalue weighted by Crippen LogP contribution is -2.00. The highest BCUT2D eigenvalue weighted by atomic mass is 32.1. The summed E-state index contributed by atoms with van der Waals surface area (Å²) < 4.78 is 5.75. The van der Waals surface area contributed by atoms with Gasteiger partial charge in [-0.3, -0.25) is 9.59 Å². The van der Waals surface area contributed by atoms with Gasteiger partial charge < -0.3 is 4.42 Å². The Labute approximate surface area is 185 Å². The molecule has 2 aromatic heterocycles. The second-order valence-corrected chi connectivity index (χ2v) is 8.31. The standard InChI is InChI=1S/C25H11N3O3S/c1-26-16-8-6-13(7-9-16)23-28-25-24(31-23)27-20(32-25)12-19-21(29)17-10-14-4-2-3-5-15(14)11-18(17)22(19)30/h2-12H. The molecule has 0 aliphatic heterocycles. The van der Waals surface area contributed by atoms with Crippen molar-refractivity contribution in [2.24, 2.45) is 0 Å². The van der Waals surface area contributed by atoms with Crippen LogP contribution in [-0.2, 0) is 0 Å². The summed E-state index contributed by atoms with van der Waals surface area (Å²) in [5.74, 6) is -0.186. The van der Waals surface area contributed by atoms with Crippen molar-refractivity contribution in [3.05, 3.63) is 93.8 Å². The average Bonchev–Trinajstić information content (AvgIpc) is 3.45. The SMILES string of the molecule is [C-]#[N+]c1ccc(-c2nc3sc(C=C4C(=O)c5cc6ccccc6cc5C4=O)nc3o2)cc1. The first kappa shape index (κ1) is 18.4. The summed E-state index contributed by atoms with van der Waals surface area (Å²) in [5, 5.41) is 2.32. The van der Waals surface area contributed by atoms with Gasteiger partial charge in [0.1, 0.15) is 5.01 Å². The number of nitrogens with zero attached hydrogens (tertiary/aromatic N) is 3. The molecule has 0 radical (unpaired) electrons. The van der Waals surface area contributed by atoms with Gasteiger partial charge in [-0.2, -0.15) is 9.97 Å². The smallest absolute Gasteiger partial charge is 0.259 e. The van der Waals surface area contributed by atoms with Gasteiger partial charge in [-0.1, -0.05) is 59.9 Å². The van der Waals surface area contributed by atoms with Gasteiger partial charge >= 0.3 is 0 Å². The number of carbonyl (C=O) groups excluding carboxylic acids is 2. The largest absolute Gasteiger partial charge is 0.417 e. The Morgan fingerprint density at radius 3 is 2.16 bits per heavy atom. The average molecular weight is 433 g/mol. The summed E-state index contributed by atoms with van der Waals surface area (Å²) in [5.41, 5.74) is 2.56. The molecule has 1 aliphatic carbocycles. The van der Waals surface area contributed by atoms with E-state index in [0.717, 1.165) is 16.3 Å². The molecule has 0 atom stereocenters. The molecule has 3 aromatic carbocycles. The molecule has 0 fully saturated rings. The molecule has 7 heteroatoms. The van der Waals surface area contributed by atoms with Crippen LogP contribution in [0.25, 0.3) is 43.7 Å². The third-order valence-electron chi connectivity index (χ3n) is 5.37. The van der Waals surface area contributed by atoms with Crippen molar-refractivity contribution in [2.45, 2.75) is 0 Å². The van der Waals surface area contributed by atoms with E-state index >= 15 is 0 Å². The Morgan fingerprint density at radius 1 is 0.906 bits per heavy atom. The number of hydrogen-bond acceptors (Lipinski definition) is 6. The maximum Gasteiger partial charge on any atom is 0.259 e. The lowest BCUT2D eigenvalue weighted by molar-refractivity contribution is 0.0990. The van der Waals surface area contributed by atoms with Crippen molar-refractivity contribution in [1.82, 2.24) is 9.97 Å². The molecule has 0 spiro atoms. The lowest BCUT2D eigenvalue weighted by atomic mass is 10.0. The van der Waals surface area contributed by atoms with Crippen molar-refractivity contribution in [1.29, 1.82) is 0 Å². The quantitative estimate of drug-likeness (QED) is 0.190. The topological polar surface area (TPSA) is 77.4 Å². The van der Waals surface area contributed by atoms with Gasteiger partial charge in [-0.15, -0.1) is 0 Å². The van der Waals surface area contributed by atoms with E-state index in [1.165, 1.54) is 17.4 Å². The molecule has 6 rings (SSSR count). The van der Waals surface area contributed by atoms with E-state index in [2.05, 4.69) is 14.8 Å². The molecule has 0 amide bonds. The Morgan fingerprint density at radius 2 is 1.56 bits per heavy atom. The lowest BCUT2D eigenvalue weighted by Gasteiger charge is -2.00. The van der Waals surface area contributed by atoms with Crippen molar-refractivity contribution >= 4 is 56.0 Å². The monoisotopic (exact) mass is 433 g/mol. The normalized spacial score (nSPS) is 13.0. The minimum Gasteiger partial charge on any atom is -0.417 e. The van der Waals surface area contributed by atoms with Crippen LogP contribution in [0.3, 0.4) is 0 Å². The Hall–Kier alpha value is -4.41. The van der Waals surface area contributed by atoms with Gasteiger partial charge in [0.05, 0.1) is 12.1 Å². The van der Waals surface area contributed by atoms with Gasteiger partial charge in [-0.05, 0) is 29.0 Å². The first-order valence-electron chi connectivity index (χ1n) is 9.70. The second-order valence-electron chi connectivity index (χ2n) is 7.30. The highest BCUT2D eigenvalue weighted by molar-refractivity contribution is 7.18. The number of carbonyl (C=O) groups is 2. The third kappa shape index (κ3) is 2.78. The van der Waals surface area contributed by atoms with Crippen molar-refractivity contribution in [3.63, 3.8) is 0 Å². The number of fused-ring (bicyclic) bond motifs is 3. The number of rotatable bonds is 2. The predicted octanol–water partition coefficient (Wildman–Crippen LogP) is 6.12. The number of benzene rings is 3. The van der Waals surface area contributed by atoms with Crippen LogP contribution in [0.1, 0.15) is 25.7 Å². The molecule has 0 bridgehead atoms. The Bertz CT molecular complexity index is 1580. The molecule has 6 nitrogen and oxygen atoms in total. The van der Waals surface area contributed by atoms with Crippen LogP contribution < -0.4 is 0 Å². The van der Waals surface area contributed by atoms with E-state index in [0.29, 0.717) is 38.3 Å². The van der Waals surface area contributed by atoms with Crippen LogP contribution >= 0.6 is 11.3 Å². The molecule has 0 saturated carbocycles. The number of aromatic nitrogens is 2. The van der Waals surface area contributed by atoms with E-state index in [1.807, 2.05) is 24.3 Å². The predicted molar refractivity (Wildman–Crippen MR) is 122 cm³/mol. The summed E-state index contributed by atoms with van der Waals surface area (Å²) in [7, 11) is 0. The van der Waals surface area contributed by atoms with Gasteiger partial charge in [0.15, 0.2) is 22.1 Å². The first-order valence-corrected chi connectivity index (χ1v) is 10.5. The van der Waals surface area contributed by atoms with Gasteiger partial charge in [0, 0.05) is 16.7 Å². The van der Waals surface area contributed by atoms with Crippen LogP contribution in [0.2, 0.25) is 0 Å². The molecule has 0 saturated heterocycles. The zero-order chi connectivity index (χ0) is 21.8. The van der Waals surface area contributed by atoms with E-state index < -0.39 is 0 Å². The molecular formula is C25H11N3O3S. The molecular weight excluding hydrogens is 422 g/mol. The van der Waals surface area contributed by atoms with Crippen LogP contribution in [0.4, 0.5) is 5.69 Å². The highest BCUT2D eigenvalue weighted by Gasteiger charge is 2.33.